The van der Waals surface area contributed by atoms with E-state index < -0.39 is 28.5 Å². The van der Waals surface area contributed by atoms with E-state index >= 15 is 0 Å². The summed E-state index contributed by atoms with van der Waals surface area (Å²) in [6, 6.07) is 18.9. The molecule has 0 spiro atoms. The molecule has 0 saturated carbocycles. The van der Waals surface area contributed by atoms with Gasteiger partial charge in [-0.3, -0.25) is 13.9 Å². The maximum Gasteiger partial charge on any atom is 0.264 e. The second-order valence-corrected chi connectivity index (χ2v) is 12.5. The molecule has 0 radical (unpaired) electrons. The Bertz CT molecular complexity index is 1420. The highest BCUT2D eigenvalue weighted by Gasteiger charge is 2.33. The van der Waals surface area contributed by atoms with Crippen LogP contribution >= 0.6 is 23.2 Å². The summed E-state index contributed by atoms with van der Waals surface area (Å²) in [6.07, 6.45) is 0. The summed E-state index contributed by atoms with van der Waals surface area (Å²) in [4.78, 5) is 28.4. The lowest BCUT2D eigenvalue weighted by atomic mass is 10.1. The van der Waals surface area contributed by atoms with Crippen LogP contribution in [0.15, 0.2) is 77.7 Å². The Balaban J connectivity index is 2.03. The molecule has 0 bridgehead atoms. The van der Waals surface area contributed by atoms with E-state index in [0.717, 1.165) is 15.4 Å². The molecule has 208 valence electrons. The Morgan fingerprint density at radius 2 is 1.62 bits per heavy atom. The minimum Gasteiger partial charge on any atom is -0.354 e. The highest BCUT2D eigenvalue weighted by molar-refractivity contribution is 7.92. The summed E-state index contributed by atoms with van der Waals surface area (Å²) >= 11 is 12.5. The third-order valence-electron chi connectivity index (χ3n) is 6.08. The molecule has 0 aromatic heterocycles. The van der Waals surface area contributed by atoms with Gasteiger partial charge in [0.05, 0.1) is 15.6 Å². The second-order valence-electron chi connectivity index (χ2n) is 9.75. The molecule has 1 unspecified atom stereocenters. The number of benzene rings is 3. The van der Waals surface area contributed by atoms with Crippen molar-refractivity contribution in [1.29, 1.82) is 0 Å². The van der Waals surface area contributed by atoms with Crippen LogP contribution in [-0.2, 0) is 26.2 Å². The fraction of sp³-hybridized carbons (Fsp3) is 0.310. The van der Waals surface area contributed by atoms with Gasteiger partial charge < -0.3 is 10.2 Å². The van der Waals surface area contributed by atoms with Gasteiger partial charge in [-0.15, -0.1) is 0 Å². The minimum atomic E-state index is -4.21. The quantitative estimate of drug-likeness (QED) is 0.311. The lowest BCUT2D eigenvalue weighted by molar-refractivity contribution is -0.139. The summed E-state index contributed by atoms with van der Waals surface area (Å²) in [7, 11) is -4.21. The van der Waals surface area contributed by atoms with Gasteiger partial charge in [0.15, 0.2) is 0 Å². The minimum absolute atomic E-state index is 0.00299. The Hall–Kier alpha value is -3.07. The van der Waals surface area contributed by atoms with Gasteiger partial charge in [-0.05, 0) is 55.7 Å². The molecule has 0 aliphatic heterocycles. The second kappa shape index (κ2) is 13.3. The highest BCUT2D eigenvalue weighted by Crippen LogP contribution is 2.33. The fourth-order valence-electron chi connectivity index (χ4n) is 3.96. The van der Waals surface area contributed by atoms with Crippen molar-refractivity contribution in [2.24, 2.45) is 5.92 Å². The van der Waals surface area contributed by atoms with Crippen LogP contribution in [0.1, 0.15) is 31.9 Å². The first kappa shape index (κ1) is 30.5. The van der Waals surface area contributed by atoms with Gasteiger partial charge in [-0.1, -0.05) is 85.1 Å². The van der Waals surface area contributed by atoms with Gasteiger partial charge in [-0.2, -0.15) is 0 Å². The van der Waals surface area contributed by atoms with E-state index in [1.807, 2.05) is 45.0 Å². The standard InChI is InChI=1S/C29H33Cl2N3O4S/c1-20(2)17-32-29(36)22(4)33(18-23-10-8-9-21(3)15-23)28(35)19-34(27-14-13-24(30)16-26(27)31)39(37,38)25-11-6-5-7-12-25/h5-16,20,22H,17-19H2,1-4H3,(H,32,36). The van der Waals surface area contributed by atoms with E-state index in [4.69, 9.17) is 23.2 Å². The molecule has 0 aliphatic carbocycles. The molecule has 10 heteroatoms. The van der Waals surface area contributed by atoms with Crippen LogP contribution in [-0.4, -0.2) is 44.3 Å². The number of anilines is 1. The van der Waals surface area contributed by atoms with Crippen molar-refractivity contribution in [2.45, 2.75) is 45.2 Å². The molecular formula is C29H33Cl2N3O4S. The SMILES string of the molecule is Cc1cccc(CN(C(=O)CN(c2ccc(Cl)cc2Cl)S(=O)(=O)c2ccccc2)C(C)C(=O)NCC(C)C)c1. The first-order valence-corrected chi connectivity index (χ1v) is 14.7. The number of halogens is 2. The van der Waals surface area contributed by atoms with Crippen molar-refractivity contribution < 1.29 is 18.0 Å². The fourth-order valence-corrected chi connectivity index (χ4v) is 5.97. The summed E-state index contributed by atoms with van der Waals surface area (Å²) in [5, 5.41) is 3.27. The number of aryl methyl sites for hydroxylation is 1. The zero-order chi connectivity index (χ0) is 28.7. The Labute approximate surface area is 240 Å². The third kappa shape index (κ3) is 7.97. The maximum atomic E-state index is 13.9. The van der Waals surface area contributed by atoms with E-state index in [2.05, 4.69) is 5.32 Å². The topological polar surface area (TPSA) is 86.8 Å². The number of hydrogen-bond acceptors (Lipinski definition) is 4. The zero-order valence-electron chi connectivity index (χ0n) is 22.4. The molecule has 3 rings (SSSR count). The first-order valence-electron chi connectivity index (χ1n) is 12.6. The highest BCUT2D eigenvalue weighted by atomic mass is 35.5. The van der Waals surface area contributed by atoms with Gasteiger partial charge in [0.1, 0.15) is 12.6 Å². The van der Waals surface area contributed by atoms with Crippen LogP contribution in [0.4, 0.5) is 5.69 Å². The monoisotopic (exact) mass is 589 g/mol. The number of carbonyl (C=O) groups excluding carboxylic acids is 2. The smallest absolute Gasteiger partial charge is 0.264 e. The molecule has 2 amide bonds. The third-order valence-corrected chi connectivity index (χ3v) is 8.39. The Morgan fingerprint density at radius 3 is 2.23 bits per heavy atom. The van der Waals surface area contributed by atoms with Crippen molar-refractivity contribution in [3.63, 3.8) is 0 Å². The van der Waals surface area contributed by atoms with Crippen molar-refractivity contribution >= 4 is 50.7 Å². The number of amides is 2. The Morgan fingerprint density at radius 1 is 0.923 bits per heavy atom. The molecular weight excluding hydrogens is 557 g/mol. The van der Waals surface area contributed by atoms with E-state index in [9.17, 15) is 18.0 Å². The van der Waals surface area contributed by atoms with Crippen molar-refractivity contribution in [3.05, 3.63) is 94.0 Å². The zero-order valence-corrected chi connectivity index (χ0v) is 24.7. The largest absolute Gasteiger partial charge is 0.354 e. The van der Waals surface area contributed by atoms with Crippen LogP contribution in [0.25, 0.3) is 0 Å². The van der Waals surface area contributed by atoms with Crippen LogP contribution in [0.5, 0.6) is 0 Å². The number of hydrogen-bond donors (Lipinski definition) is 1. The molecule has 3 aromatic rings. The van der Waals surface area contributed by atoms with Crippen LogP contribution in [0.3, 0.4) is 0 Å². The number of sulfonamides is 1. The molecule has 1 N–H and O–H groups in total. The molecule has 3 aromatic carbocycles. The molecule has 0 aliphatic rings. The number of nitrogens with zero attached hydrogens (tertiary/aromatic N) is 2. The van der Waals surface area contributed by atoms with E-state index in [1.165, 1.54) is 35.2 Å². The van der Waals surface area contributed by atoms with Crippen molar-refractivity contribution in [2.75, 3.05) is 17.4 Å². The number of nitrogens with one attached hydrogen (secondary N) is 1. The van der Waals surface area contributed by atoms with Gasteiger partial charge >= 0.3 is 0 Å². The van der Waals surface area contributed by atoms with Gasteiger partial charge in [0.2, 0.25) is 11.8 Å². The molecule has 0 fully saturated rings. The molecule has 39 heavy (non-hydrogen) atoms. The normalized spacial score (nSPS) is 12.2. The van der Waals surface area contributed by atoms with E-state index in [-0.39, 0.29) is 34.0 Å². The number of rotatable bonds is 11. The van der Waals surface area contributed by atoms with Crippen molar-refractivity contribution in [1.82, 2.24) is 10.2 Å². The van der Waals surface area contributed by atoms with Crippen LogP contribution in [0.2, 0.25) is 10.0 Å². The first-order chi connectivity index (χ1) is 18.4. The van der Waals surface area contributed by atoms with Gasteiger partial charge in [0, 0.05) is 18.1 Å². The van der Waals surface area contributed by atoms with Crippen molar-refractivity contribution in [3.8, 4) is 0 Å². The molecule has 0 saturated heterocycles. The van der Waals surface area contributed by atoms with Crippen LogP contribution in [0, 0.1) is 12.8 Å². The van der Waals surface area contributed by atoms with Gasteiger partial charge in [0.25, 0.3) is 10.0 Å². The summed E-state index contributed by atoms with van der Waals surface area (Å²) in [5.74, 6) is -0.665. The number of carbonyl (C=O) groups is 2. The average molecular weight is 591 g/mol. The lowest BCUT2D eigenvalue weighted by Gasteiger charge is -2.32. The maximum absolute atomic E-state index is 13.9. The molecule has 0 heterocycles. The summed E-state index contributed by atoms with van der Waals surface area (Å²) in [5.41, 5.74) is 1.91. The predicted octanol–water partition coefficient (Wildman–Crippen LogP) is 5.69. The van der Waals surface area contributed by atoms with E-state index in [0.29, 0.717) is 11.6 Å². The van der Waals surface area contributed by atoms with Crippen LogP contribution < -0.4 is 9.62 Å². The summed E-state index contributed by atoms with van der Waals surface area (Å²) in [6.45, 7) is 7.51. The predicted molar refractivity (Wildman–Crippen MR) is 156 cm³/mol. The Kier molecular flexibility index (Phi) is 10.4. The van der Waals surface area contributed by atoms with Gasteiger partial charge in [-0.25, -0.2) is 8.42 Å². The molecule has 1 atom stereocenters. The average Bonchev–Trinajstić information content (AvgIpc) is 2.89. The van der Waals surface area contributed by atoms with E-state index in [1.54, 1.807) is 25.1 Å². The summed E-state index contributed by atoms with van der Waals surface area (Å²) < 4.78 is 28.6. The molecule has 7 nitrogen and oxygen atoms in total. The lowest BCUT2D eigenvalue weighted by Crippen LogP contribution is -2.51.